The Balaban J connectivity index is 2.32. The topological polar surface area (TPSA) is 94.1 Å². The number of hydrogen-bond acceptors (Lipinski definition) is 6. The summed E-state index contributed by atoms with van der Waals surface area (Å²) in [5.41, 5.74) is 0.546. The van der Waals surface area contributed by atoms with Crippen molar-refractivity contribution in [1.82, 2.24) is 10.1 Å². The molecule has 2 aromatic rings. The van der Waals surface area contributed by atoms with Crippen LogP contribution in [-0.2, 0) is 0 Å². The molecule has 0 bridgehead atoms. The molecule has 0 fully saturated rings. The van der Waals surface area contributed by atoms with Crippen LogP contribution in [0, 0.1) is 10.1 Å². The van der Waals surface area contributed by atoms with Crippen LogP contribution in [0.4, 0.5) is 11.7 Å². The second kappa shape index (κ2) is 4.60. The first-order valence-corrected chi connectivity index (χ1v) is 5.03. The minimum atomic E-state index is -0.464. The summed E-state index contributed by atoms with van der Waals surface area (Å²) >= 11 is 0. The standard InChI is InChI=1S/C10H10N4O3/c1-2-11-10-12-9(13-17-10)7-4-3-5-8(6-7)14(15)16/h3-6H,2H2,1H3,(H,11,12,13). The van der Waals surface area contributed by atoms with Gasteiger partial charge in [-0.15, -0.1) is 0 Å². The van der Waals surface area contributed by atoms with Gasteiger partial charge >= 0.3 is 6.01 Å². The molecule has 0 atom stereocenters. The maximum atomic E-state index is 10.6. The highest BCUT2D eigenvalue weighted by atomic mass is 16.6. The zero-order valence-corrected chi connectivity index (χ0v) is 9.08. The summed E-state index contributed by atoms with van der Waals surface area (Å²) in [6, 6.07) is 6.38. The van der Waals surface area contributed by atoms with E-state index in [2.05, 4.69) is 15.5 Å². The molecule has 0 amide bonds. The summed E-state index contributed by atoms with van der Waals surface area (Å²) in [6.45, 7) is 2.56. The van der Waals surface area contributed by atoms with Crippen molar-refractivity contribution in [3.05, 3.63) is 34.4 Å². The number of nitro groups is 1. The van der Waals surface area contributed by atoms with Crippen molar-refractivity contribution in [2.75, 3.05) is 11.9 Å². The van der Waals surface area contributed by atoms with Crippen molar-refractivity contribution in [3.8, 4) is 11.4 Å². The van der Waals surface area contributed by atoms with Gasteiger partial charge in [-0.05, 0) is 6.92 Å². The Kier molecular flexibility index (Phi) is 2.99. The van der Waals surface area contributed by atoms with Gasteiger partial charge in [-0.3, -0.25) is 10.1 Å². The second-order valence-electron chi connectivity index (χ2n) is 3.26. The molecule has 0 unspecified atom stereocenters. The molecule has 88 valence electrons. The Morgan fingerprint density at radius 3 is 3.06 bits per heavy atom. The number of hydrogen-bond donors (Lipinski definition) is 1. The first kappa shape index (κ1) is 11.1. The van der Waals surface area contributed by atoms with Crippen LogP contribution in [0.5, 0.6) is 0 Å². The fourth-order valence-corrected chi connectivity index (χ4v) is 1.32. The van der Waals surface area contributed by atoms with Gasteiger partial charge in [-0.1, -0.05) is 17.3 Å². The molecule has 1 heterocycles. The number of nitrogens with zero attached hydrogens (tertiary/aromatic N) is 3. The first-order chi connectivity index (χ1) is 8.20. The van der Waals surface area contributed by atoms with Crippen molar-refractivity contribution >= 4 is 11.7 Å². The van der Waals surface area contributed by atoms with Gasteiger partial charge in [0.25, 0.3) is 5.69 Å². The van der Waals surface area contributed by atoms with Crippen molar-refractivity contribution in [1.29, 1.82) is 0 Å². The van der Waals surface area contributed by atoms with E-state index in [1.165, 1.54) is 12.1 Å². The lowest BCUT2D eigenvalue weighted by atomic mass is 10.2. The fraction of sp³-hybridized carbons (Fsp3) is 0.200. The molecule has 0 aliphatic heterocycles. The van der Waals surface area contributed by atoms with Gasteiger partial charge in [0, 0.05) is 24.2 Å². The normalized spacial score (nSPS) is 10.2. The highest BCUT2D eigenvalue weighted by molar-refractivity contribution is 5.59. The van der Waals surface area contributed by atoms with Gasteiger partial charge < -0.3 is 9.84 Å². The van der Waals surface area contributed by atoms with E-state index in [1.54, 1.807) is 12.1 Å². The summed E-state index contributed by atoms with van der Waals surface area (Å²) in [5.74, 6) is 0.324. The highest BCUT2D eigenvalue weighted by Crippen LogP contribution is 2.22. The number of non-ortho nitro benzene ring substituents is 1. The molecule has 1 aromatic heterocycles. The molecule has 0 aliphatic carbocycles. The fourth-order valence-electron chi connectivity index (χ4n) is 1.32. The lowest BCUT2D eigenvalue weighted by molar-refractivity contribution is -0.384. The van der Waals surface area contributed by atoms with Crippen LogP contribution >= 0.6 is 0 Å². The van der Waals surface area contributed by atoms with Crippen LogP contribution in [0.3, 0.4) is 0 Å². The number of nitrogens with one attached hydrogen (secondary N) is 1. The molecule has 1 aromatic carbocycles. The van der Waals surface area contributed by atoms with Crippen LogP contribution in [0.15, 0.2) is 28.8 Å². The Bertz CT molecular complexity index is 538. The lowest BCUT2D eigenvalue weighted by Gasteiger charge is -1.94. The minimum Gasteiger partial charge on any atom is -0.338 e. The van der Waals surface area contributed by atoms with Crippen molar-refractivity contribution in [2.45, 2.75) is 6.92 Å². The molecule has 1 N–H and O–H groups in total. The van der Waals surface area contributed by atoms with E-state index in [1.807, 2.05) is 6.92 Å². The Labute approximate surface area is 96.6 Å². The van der Waals surface area contributed by atoms with Gasteiger partial charge in [0.15, 0.2) is 0 Å². The average molecular weight is 234 g/mol. The Morgan fingerprint density at radius 2 is 2.35 bits per heavy atom. The predicted molar refractivity (Wildman–Crippen MR) is 60.6 cm³/mol. The molecule has 0 radical (unpaired) electrons. The van der Waals surface area contributed by atoms with E-state index < -0.39 is 4.92 Å². The molecule has 17 heavy (non-hydrogen) atoms. The number of rotatable bonds is 4. The van der Waals surface area contributed by atoms with Crippen molar-refractivity contribution < 1.29 is 9.45 Å². The van der Waals surface area contributed by atoms with E-state index >= 15 is 0 Å². The zero-order chi connectivity index (χ0) is 12.3. The van der Waals surface area contributed by atoms with Crippen LogP contribution < -0.4 is 5.32 Å². The zero-order valence-electron chi connectivity index (χ0n) is 9.08. The van der Waals surface area contributed by atoms with E-state index in [-0.39, 0.29) is 5.69 Å². The maximum Gasteiger partial charge on any atom is 0.321 e. The molecule has 7 heteroatoms. The summed E-state index contributed by atoms with van der Waals surface area (Å²) in [5, 5.41) is 17.2. The van der Waals surface area contributed by atoms with E-state index in [0.29, 0.717) is 23.9 Å². The van der Waals surface area contributed by atoms with E-state index in [4.69, 9.17) is 4.52 Å². The molecule has 0 saturated heterocycles. The Morgan fingerprint density at radius 1 is 1.53 bits per heavy atom. The molecular weight excluding hydrogens is 224 g/mol. The minimum absolute atomic E-state index is 0.00250. The van der Waals surface area contributed by atoms with Gasteiger partial charge in [0.1, 0.15) is 0 Å². The van der Waals surface area contributed by atoms with Gasteiger partial charge in [-0.25, -0.2) is 0 Å². The molecular formula is C10H10N4O3. The quantitative estimate of drug-likeness (QED) is 0.642. The van der Waals surface area contributed by atoms with Gasteiger partial charge in [0.2, 0.25) is 5.82 Å². The van der Waals surface area contributed by atoms with Crippen LogP contribution in [0.1, 0.15) is 6.92 Å². The lowest BCUT2D eigenvalue weighted by Crippen LogP contribution is -1.95. The number of aromatic nitrogens is 2. The third-order valence-corrected chi connectivity index (χ3v) is 2.07. The largest absolute Gasteiger partial charge is 0.338 e. The number of nitro benzene ring substituents is 1. The summed E-state index contributed by atoms with van der Waals surface area (Å²) in [6.07, 6.45) is 0. The molecule has 2 rings (SSSR count). The van der Waals surface area contributed by atoms with E-state index in [9.17, 15) is 10.1 Å². The third-order valence-electron chi connectivity index (χ3n) is 2.07. The third kappa shape index (κ3) is 2.39. The number of anilines is 1. The molecule has 0 spiro atoms. The summed E-state index contributed by atoms with van der Waals surface area (Å²) in [7, 11) is 0. The maximum absolute atomic E-state index is 10.6. The smallest absolute Gasteiger partial charge is 0.321 e. The van der Waals surface area contributed by atoms with E-state index in [0.717, 1.165) is 0 Å². The predicted octanol–water partition coefficient (Wildman–Crippen LogP) is 2.08. The van der Waals surface area contributed by atoms with Crippen molar-refractivity contribution in [3.63, 3.8) is 0 Å². The molecule has 0 aliphatic rings. The average Bonchev–Trinajstić information content (AvgIpc) is 2.78. The molecule has 7 nitrogen and oxygen atoms in total. The van der Waals surface area contributed by atoms with Crippen LogP contribution in [0.25, 0.3) is 11.4 Å². The van der Waals surface area contributed by atoms with Crippen LogP contribution in [0.2, 0.25) is 0 Å². The Hall–Kier alpha value is -2.44. The van der Waals surface area contributed by atoms with Gasteiger partial charge in [-0.2, -0.15) is 4.98 Å². The summed E-state index contributed by atoms with van der Waals surface area (Å²) < 4.78 is 4.92. The molecule has 0 saturated carbocycles. The first-order valence-electron chi connectivity index (χ1n) is 5.03. The number of benzene rings is 1. The monoisotopic (exact) mass is 234 g/mol. The highest BCUT2D eigenvalue weighted by Gasteiger charge is 2.11. The second-order valence-corrected chi connectivity index (χ2v) is 3.26. The summed E-state index contributed by atoms with van der Waals surface area (Å²) in [4.78, 5) is 14.2. The van der Waals surface area contributed by atoms with Crippen LogP contribution in [-0.4, -0.2) is 21.6 Å². The van der Waals surface area contributed by atoms with Crippen molar-refractivity contribution in [2.24, 2.45) is 0 Å². The SMILES string of the molecule is CCNc1nc(-c2cccc([N+](=O)[O-])c2)no1. The van der Waals surface area contributed by atoms with Gasteiger partial charge in [0.05, 0.1) is 4.92 Å².